The minimum atomic E-state index is -0.474. The molecule has 0 aliphatic heterocycles. The molecule has 16 heavy (non-hydrogen) atoms. The van der Waals surface area contributed by atoms with Crippen molar-refractivity contribution in [1.82, 2.24) is 0 Å². The number of amides is 1. The number of hydrogen-bond donors (Lipinski definition) is 2. The van der Waals surface area contributed by atoms with Gasteiger partial charge >= 0.3 is 5.97 Å². The van der Waals surface area contributed by atoms with Crippen LogP contribution in [0, 0.1) is 6.92 Å². The molecule has 5 heteroatoms. The van der Waals surface area contributed by atoms with Crippen LogP contribution in [-0.2, 0) is 9.53 Å². The van der Waals surface area contributed by atoms with Gasteiger partial charge in [-0.1, -0.05) is 11.6 Å². The van der Waals surface area contributed by atoms with Gasteiger partial charge in [-0.05, 0) is 19.1 Å². The second-order valence-corrected chi connectivity index (χ2v) is 3.56. The van der Waals surface area contributed by atoms with E-state index in [0.29, 0.717) is 11.3 Å². The van der Waals surface area contributed by atoms with Crippen molar-refractivity contribution >= 4 is 30.2 Å². The van der Waals surface area contributed by atoms with Gasteiger partial charge in [-0.3, -0.25) is 4.79 Å². The third kappa shape index (κ3) is 3.00. The van der Waals surface area contributed by atoms with Crippen molar-refractivity contribution in [2.45, 2.75) is 6.92 Å². The van der Waals surface area contributed by atoms with Crippen LogP contribution in [0.25, 0.3) is 0 Å². The number of benzene rings is 1. The first-order valence-corrected chi connectivity index (χ1v) is 5.31. The van der Waals surface area contributed by atoms with Crippen LogP contribution in [0.3, 0.4) is 0 Å². The third-order valence-corrected chi connectivity index (χ3v) is 2.29. The molecule has 0 spiro atoms. The summed E-state index contributed by atoms with van der Waals surface area (Å²) in [6, 6.07) is 5.14. The molecule has 0 aliphatic carbocycles. The topological polar surface area (TPSA) is 55.4 Å². The molecule has 1 rings (SSSR count). The van der Waals surface area contributed by atoms with Crippen molar-refractivity contribution in [3.8, 4) is 0 Å². The van der Waals surface area contributed by atoms with Gasteiger partial charge in [0.15, 0.2) is 0 Å². The molecule has 0 radical (unpaired) electrons. The number of carbonyl (C=O) groups excluding carboxylic acids is 2. The first kappa shape index (κ1) is 12.6. The summed E-state index contributed by atoms with van der Waals surface area (Å²) < 4.78 is 4.64. The van der Waals surface area contributed by atoms with Gasteiger partial charge < -0.3 is 10.1 Å². The molecule has 0 fully saturated rings. The fraction of sp³-hybridized carbons (Fsp3) is 0.273. The summed E-state index contributed by atoms with van der Waals surface area (Å²) in [6.07, 6.45) is 0. The monoisotopic (exact) mass is 239 g/mol. The average Bonchev–Trinajstić information content (AvgIpc) is 2.30. The lowest BCUT2D eigenvalue weighted by Crippen LogP contribution is -2.16. The summed E-state index contributed by atoms with van der Waals surface area (Å²) in [6.45, 7) is 1.86. The Kier molecular flexibility index (Phi) is 4.37. The second-order valence-electron chi connectivity index (χ2n) is 3.25. The summed E-state index contributed by atoms with van der Waals surface area (Å²) in [4.78, 5) is 22.7. The first-order valence-electron chi connectivity index (χ1n) is 4.68. The highest BCUT2D eigenvalue weighted by atomic mass is 32.1. The summed E-state index contributed by atoms with van der Waals surface area (Å²) in [5, 5.41) is 2.59. The predicted octanol–water partition coefficient (Wildman–Crippen LogP) is 1.65. The van der Waals surface area contributed by atoms with Crippen LogP contribution >= 0.6 is 12.6 Å². The van der Waals surface area contributed by atoms with Crippen LogP contribution in [-0.4, -0.2) is 24.7 Å². The molecule has 0 aliphatic rings. The molecule has 1 N–H and O–H groups in total. The van der Waals surface area contributed by atoms with Crippen molar-refractivity contribution < 1.29 is 14.3 Å². The van der Waals surface area contributed by atoms with Crippen LogP contribution in [0.1, 0.15) is 15.9 Å². The van der Waals surface area contributed by atoms with E-state index in [1.807, 2.05) is 6.92 Å². The Bertz CT molecular complexity index is 418. The van der Waals surface area contributed by atoms with Crippen molar-refractivity contribution in [2.24, 2.45) is 0 Å². The Morgan fingerprint density at radius 1 is 1.44 bits per heavy atom. The maximum absolute atomic E-state index is 11.5. The van der Waals surface area contributed by atoms with E-state index >= 15 is 0 Å². The maximum atomic E-state index is 11.5. The smallest absolute Gasteiger partial charge is 0.339 e. The standard InChI is InChI=1S/C11H13NO3S/c1-7-3-4-9(12-10(13)6-16)8(5-7)11(14)15-2/h3-5,16H,6H2,1-2H3,(H,12,13). The molecular weight excluding hydrogens is 226 g/mol. The third-order valence-electron chi connectivity index (χ3n) is 2.00. The number of hydrogen-bond acceptors (Lipinski definition) is 4. The number of esters is 1. The van der Waals surface area contributed by atoms with E-state index in [0.717, 1.165) is 5.56 Å². The Labute approximate surface area is 99.4 Å². The van der Waals surface area contributed by atoms with E-state index in [-0.39, 0.29) is 11.7 Å². The number of carbonyl (C=O) groups is 2. The molecule has 0 heterocycles. The van der Waals surface area contributed by atoms with Crippen molar-refractivity contribution in [3.05, 3.63) is 29.3 Å². The quantitative estimate of drug-likeness (QED) is 0.623. The SMILES string of the molecule is COC(=O)c1cc(C)ccc1NC(=O)CS. The highest BCUT2D eigenvalue weighted by Crippen LogP contribution is 2.18. The Balaban J connectivity index is 3.07. The van der Waals surface area contributed by atoms with Crippen LogP contribution < -0.4 is 5.32 Å². The number of anilines is 1. The minimum Gasteiger partial charge on any atom is -0.465 e. The fourth-order valence-corrected chi connectivity index (χ4v) is 1.31. The molecule has 0 aromatic heterocycles. The first-order chi connectivity index (χ1) is 7.58. The molecule has 4 nitrogen and oxygen atoms in total. The zero-order valence-electron chi connectivity index (χ0n) is 9.11. The normalized spacial score (nSPS) is 9.69. The highest BCUT2D eigenvalue weighted by molar-refractivity contribution is 7.81. The zero-order chi connectivity index (χ0) is 12.1. The molecular formula is C11H13NO3S. The lowest BCUT2D eigenvalue weighted by Gasteiger charge is -2.09. The van der Waals surface area contributed by atoms with Gasteiger partial charge in [0.05, 0.1) is 24.1 Å². The van der Waals surface area contributed by atoms with E-state index in [1.165, 1.54) is 7.11 Å². The Morgan fingerprint density at radius 3 is 2.69 bits per heavy atom. The maximum Gasteiger partial charge on any atom is 0.339 e. The van der Waals surface area contributed by atoms with Crippen molar-refractivity contribution in [1.29, 1.82) is 0 Å². The number of aryl methyl sites for hydroxylation is 1. The highest BCUT2D eigenvalue weighted by Gasteiger charge is 2.13. The molecule has 86 valence electrons. The van der Waals surface area contributed by atoms with Crippen LogP contribution in [0.15, 0.2) is 18.2 Å². The fourth-order valence-electron chi connectivity index (χ4n) is 1.24. The number of rotatable bonds is 3. The van der Waals surface area contributed by atoms with Gasteiger partial charge in [0.2, 0.25) is 5.91 Å². The number of thiol groups is 1. The van der Waals surface area contributed by atoms with Gasteiger partial charge in [-0.25, -0.2) is 4.79 Å². The van der Waals surface area contributed by atoms with Gasteiger partial charge in [0, 0.05) is 0 Å². The molecule has 1 aromatic carbocycles. The molecule has 1 aromatic rings. The average molecular weight is 239 g/mol. The van der Waals surface area contributed by atoms with Gasteiger partial charge in [0.1, 0.15) is 0 Å². The lowest BCUT2D eigenvalue weighted by molar-refractivity contribution is -0.113. The summed E-state index contributed by atoms with van der Waals surface area (Å²) in [5.41, 5.74) is 1.71. The molecule has 0 unspecified atom stereocenters. The number of methoxy groups -OCH3 is 1. The zero-order valence-corrected chi connectivity index (χ0v) is 10.0. The largest absolute Gasteiger partial charge is 0.465 e. The minimum absolute atomic E-state index is 0.0640. The van der Waals surface area contributed by atoms with Gasteiger partial charge in [-0.2, -0.15) is 12.6 Å². The summed E-state index contributed by atoms with van der Waals surface area (Å²) >= 11 is 3.85. The second kappa shape index (κ2) is 5.55. The van der Waals surface area contributed by atoms with Crippen molar-refractivity contribution in [2.75, 3.05) is 18.2 Å². The summed E-state index contributed by atoms with van der Waals surface area (Å²) in [7, 11) is 1.30. The van der Waals surface area contributed by atoms with Gasteiger partial charge in [0.25, 0.3) is 0 Å². The number of ether oxygens (including phenoxy) is 1. The van der Waals surface area contributed by atoms with E-state index in [4.69, 9.17) is 0 Å². The van der Waals surface area contributed by atoms with E-state index in [9.17, 15) is 9.59 Å². The number of nitrogens with one attached hydrogen (secondary N) is 1. The van der Waals surface area contributed by atoms with E-state index in [2.05, 4.69) is 22.7 Å². The molecule has 0 bridgehead atoms. The Morgan fingerprint density at radius 2 is 2.12 bits per heavy atom. The molecule has 0 saturated heterocycles. The van der Waals surface area contributed by atoms with Crippen molar-refractivity contribution in [3.63, 3.8) is 0 Å². The lowest BCUT2D eigenvalue weighted by atomic mass is 10.1. The summed E-state index contributed by atoms with van der Waals surface area (Å²) in [5.74, 6) is -0.676. The molecule has 1 amide bonds. The predicted molar refractivity (Wildman–Crippen MR) is 65.0 cm³/mol. The van der Waals surface area contributed by atoms with Crippen LogP contribution in [0.4, 0.5) is 5.69 Å². The van der Waals surface area contributed by atoms with E-state index < -0.39 is 5.97 Å². The van der Waals surface area contributed by atoms with Crippen LogP contribution in [0.2, 0.25) is 0 Å². The van der Waals surface area contributed by atoms with E-state index in [1.54, 1.807) is 18.2 Å². The molecule has 0 atom stereocenters. The van der Waals surface area contributed by atoms with Gasteiger partial charge in [-0.15, -0.1) is 0 Å². The molecule has 0 saturated carbocycles. The Hall–Kier alpha value is -1.49. The van der Waals surface area contributed by atoms with Crippen LogP contribution in [0.5, 0.6) is 0 Å².